The molecule has 1 saturated heterocycles. The lowest BCUT2D eigenvalue weighted by Gasteiger charge is -2.26. The van der Waals surface area contributed by atoms with Crippen LogP contribution in [-0.4, -0.2) is 60.5 Å². The second-order valence-electron chi connectivity index (χ2n) is 9.56. The lowest BCUT2D eigenvalue weighted by atomic mass is 10.1. The molecular weight excluding hydrogens is 478 g/mol. The van der Waals surface area contributed by atoms with Crippen molar-refractivity contribution in [2.45, 2.75) is 67.2 Å². The highest BCUT2D eigenvalue weighted by molar-refractivity contribution is 7.80. The highest BCUT2D eigenvalue weighted by Gasteiger charge is 2.15. The van der Waals surface area contributed by atoms with Crippen LogP contribution in [0.25, 0.3) is 0 Å². The number of nitrogens with zero attached hydrogens (tertiary/aromatic N) is 3. The van der Waals surface area contributed by atoms with Gasteiger partial charge in [0.1, 0.15) is 6.61 Å². The standard InChI is InChI=1S/C30H47N5OS/c1-7-10-16-34(15-8-2)28(21-26(6)36-19-18-35-17-14-31-30(35)37)22-29(25(5)9-3)33-32-23-27-13-11-12-24(4)20-27/h11-13,20-23,33H,7-10,14-19H2,1-6H3,(H,31,37)/b26-21+,28-22+,29-25?,32-23+. The summed E-state index contributed by atoms with van der Waals surface area (Å²) >= 11 is 5.35. The molecule has 7 heteroatoms. The Balaban J connectivity index is 2.27. The molecular formula is C30H47N5OS. The summed E-state index contributed by atoms with van der Waals surface area (Å²) in [5, 5.41) is 8.61. The van der Waals surface area contributed by atoms with Gasteiger partial charge in [-0.2, -0.15) is 5.10 Å². The molecule has 1 aliphatic rings. The molecule has 1 aromatic rings. The number of hydrazone groups is 1. The van der Waals surface area contributed by atoms with Gasteiger partial charge in [0.25, 0.3) is 0 Å². The van der Waals surface area contributed by atoms with E-state index in [1.807, 2.05) is 13.1 Å². The summed E-state index contributed by atoms with van der Waals surface area (Å²) < 4.78 is 6.13. The maximum atomic E-state index is 6.13. The fourth-order valence-electron chi connectivity index (χ4n) is 4.02. The second-order valence-corrected chi connectivity index (χ2v) is 9.95. The topological polar surface area (TPSA) is 52.1 Å². The zero-order chi connectivity index (χ0) is 27.0. The molecule has 37 heavy (non-hydrogen) atoms. The van der Waals surface area contributed by atoms with Gasteiger partial charge in [0.15, 0.2) is 5.11 Å². The molecule has 0 aromatic heterocycles. The lowest BCUT2D eigenvalue weighted by molar-refractivity contribution is 0.192. The normalized spacial score (nSPS) is 15.2. The van der Waals surface area contributed by atoms with E-state index in [-0.39, 0.29) is 0 Å². The third-order valence-electron chi connectivity index (χ3n) is 6.35. The van der Waals surface area contributed by atoms with Crippen molar-refractivity contribution in [3.63, 3.8) is 0 Å². The van der Waals surface area contributed by atoms with E-state index >= 15 is 0 Å². The molecule has 0 bridgehead atoms. The average molecular weight is 526 g/mol. The van der Waals surface area contributed by atoms with E-state index in [2.05, 4.69) is 96.7 Å². The predicted molar refractivity (Wildman–Crippen MR) is 162 cm³/mol. The molecule has 1 fully saturated rings. The first kappa shape index (κ1) is 30.4. The van der Waals surface area contributed by atoms with Gasteiger partial charge in [-0.3, -0.25) is 5.43 Å². The van der Waals surface area contributed by atoms with Crippen molar-refractivity contribution < 1.29 is 4.74 Å². The first-order valence-electron chi connectivity index (χ1n) is 13.7. The molecule has 1 heterocycles. The number of hydrogen-bond acceptors (Lipinski definition) is 5. The van der Waals surface area contributed by atoms with Crippen molar-refractivity contribution in [1.29, 1.82) is 0 Å². The zero-order valence-corrected chi connectivity index (χ0v) is 24.6. The van der Waals surface area contributed by atoms with Crippen LogP contribution in [0.5, 0.6) is 0 Å². The fourth-order valence-corrected chi connectivity index (χ4v) is 4.31. The molecule has 0 radical (unpaired) electrons. The number of hydrogen-bond donors (Lipinski definition) is 2. The SMILES string of the molecule is CCCCN(CCC)C(/C=C(\C)OCCN1CCNC1=S)=C/C(N/N=C/c1cccc(C)c1)=C(C)CC. The summed E-state index contributed by atoms with van der Waals surface area (Å²) in [6, 6.07) is 8.35. The minimum absolute atomic E-state index is 0.607. The first-order chi connectivity index (χ1) is 17.9. The molecule has 1 aromatic carbocycles. The van der Waals surface area contributed by atoms with Crippen molar-refractivity contribution in [2.75, 3.05) is 39.3 Å². The van der Waals surface area contributed by atoms with Crippen LogP contribution < -0.4 is 10.7 Å². The molecule has 1 aliphatic heterocycles. The number of ether oxygens (including phenoxy) is 1. The van der Waals surface area contributed by atoms with Gasteiger partial charge in [-0.25, -0.2) is 0 Å². The number of thiocarbonyl (C=S) groups is 1. The molecule has 0 spiro atoms. The van der Waals surface area contributed by atoms with Gasteiger partial charge < -0.3 is 19.9 Å². The lowest BCUT2D eigenvalue weighted by Crippen LogP contribution is -2.31. The Hall–Kier alpha value is -2.80. The molecule has 2 rings (SSSR count). The van der Waals surface area contributed by atoms with E-state index in [4.69, 9.17) is 17.0 Å². The van der Waals surface area contributed by atoms with E-state index in [0.717, 1.165) is 86.2 Å². The summed E-state index contributed by atoms with van der Waals surface area (Å²) in [5.41, 5.74) is 9.06. The Morgan fingerprint density at radius 1 is 1.19 bits per heavy atom. The molecule has 6 nitrogen and oxygen atoms in total. The van der Waals surface area contributed by atoms with Gasteiger partial charge in [-0.05, 0) is 75.5 Å². The van der Waals surface area contributed by atoms with Crippen LogP contribution in [0.3, 0.4) is 0 Å². The summed E-state index contributed by atoms with van der Waals surface area (Å²) in [7, 11) is 0. The van der Waals surface area contributed by atoms with E-state index in [9.17, 15) is 0 Å². The van der Waals surface area contributed by atoms with Crippen LogP contribution in [0, 0.1) is 6.92 Å². The molecule has 0 atom stereocenters. The van der Waals surface area contributed by atoms with Crippen molar-refractivity contribution >= 4 is 23.5 Å². The zero-order valence-electron chi connectivity index (χ0n) is 23.8. The largest absolute Gasteiger partial charge is 0.496 e. The van der Waals surface area contributed by atoms with Gasteiger partial charge in [0.05, 0.1) is 24.2 Å². The van der Waals surface area contributed by atoms with E-state index < -0.39 is 0 Å². The molecule has 0 amide bonds. The third-order valence-corrected chi connectivity index (χ3v) is 6.75. The second kappa shape index (κ2) is 16.8. The number of rotatable bonds is 16. The third kappa shape index (κ3) is 11.0. The van der Waals surface area contributed by atoms with Crippen molar-refractivity contribution in [3.8, 4) is 0 Å². The van der Waals surface area contributed by atoms with Crippen LogP contribution in [-0.2, 0) is 4.74 Å². The van der Waals surface area contributed by atoms with E-state index in [0.29, 0.717) is 6.61 Å². The average Bonchev–Trinajstić information content (AvgIpc) is 3.29. The van der Waals surface area contributed by atoms with Gasteiger partial charge in [0, 0.05) is 31.9 Å². The fraction of sp³-hybridized carbons (Fsp3) is 0.533. The van der Waals surface area contributed by atoms with Gasteiger partial charge in [-0.1, -0.05) is 57.0 Å². The van der Waals surface area contributed by atoms with Crippen LogP contribution in [0.15, 0.2) is 64.2 Å². The number of aryl methyl sites for hydroxylation is 1. The van der Waals surface area contributed by atoms with Crippen molar-refractivity contribution in [2.24, 2.45) is 5.10 Å². The van der Waals surface area contributed by atoms with Crippen LogP contribution in [0.4, 0.5) is 0 Å². The van der Waals surface area contributed by atoms with Crippen LogP contribution in [0.2, 0.25) is 0 Å². The maximum absolute atomic E-state index is 6.13. The summed E-state index contributed by atoms with van der Waals surface area (Å²) in [4.78, 5) is 4.62. The highest BCUT2D eigenvalue weighted by Crippen LogP contribution is 2.17. The van der Waals surface area contributed by atoms with E-state index in [1.54, 1.807) is 0 Å². The Labute approximate surface area is 230 Å². The van der Waals surface area contributed by atoms with Crippen molar-refractivity contribution in [3.05, 3.63) is 70.3 Å². The van der Waals surface area contributed by atoms with E-state index in [1.165, 1.54) is 11.1 Å². The minimum Gasteiger partial charge on any atom is -0.496 e. The van der Waals surface area contributed by atoms with Gasteiger partial charge in [-0.15, -0.1) is 0 Å². The first-order valence-corrected chi connectivity index (χ1v) is 14.1. The number of benzene rings is 1. The van der Waals surface area contributed by atoms with Crippen LogP contribution >= 0.6 is 12.2 Å². The smallest absolute Gasteiger partial charge is 0.169 e. The number of unbranched alkanes of at least 4 members (excludes halogenated alkanes) is 1. The predicted octanol–water partition coefficient (Wildman–Crippen LogP) is 6.11. The maximum Gasteiger partial charge on any atom is 0.169 e. The molecule has 2 N–H and O–H groups in total. The minimum atomic E-state index is 0.607. The summed E-state index contributed by atoms with van der Waals surface area (Å²) in [6.45, 7) is 18.2. The molecule has 0 aliphatic carbocycles. The quantitative estimate of drug-likeness (QED) is 0.0893. The van der Waals surface area contributed by atoms with Gasteiger partial charge in [0.2, 0.25) is 0 Å². The molecule has 204 valence electrons. The van der Waals surface area contributed by atoms with Crippen molar-refractivity contribution in [1.82, 2.24) is 20.5 Å². The highest BCUT2D eigenvalue weighted by atomic mass is 32.1. The molecule has 0 unspecified atom stereocenters. The number of allylic oxidation sites excluding steroid dienone is 4. The Morgan fingerprint density at radius 2 is 2.00 bits per heavy atom. The number of nitrogens with one attached hydrogen (secondary N) is 2. The molecule has 0 saturated carbocycles. The Morgan fingerprint density at radius 3 is 2.65 bits per heavy atom. The Kier molecular flexibility index (Phi) is 13.9. The van der Waals surface area contributed by atoms with Crippen LogP contribution in [0.1, 0.15) is 71.4 Å². The van der Waals surface area contributed by atoms with Gasteiger partial charge >= 0.3 is 0 Å². The summed E-state index contributed by atoms with van der Waals surface area (Å²) in [5.74, 6) is 0.902. The monoisotopic (exact) mass is 525 g/mol. The summed E-state index contributed by atoms with van der Waals surface area (Å²) in [6.07, 6.45) is 10.6. The Bertz CT molecular complexity index is 982.